The highest BCUT2D eigenvalue weighted by molar-refractivity contribution is 5.87. The van der Waals surface area contributed by atoms with E-state index < -0.39 is 6.09 Å². The molecule has 7 heteroatoms. The molecule has 0 atom stereocenters. The van der Waals surface area contributed by atoms with Crippen LogP contribution in [-0.4, -0.2) is 23.7 Å². The Balaban J connectivity index is 0.00000288. The first-order valence-corrected chi connectivity index (χ1v) is 7.70. The molecule has 0 aliphatic rings. The SMILES string of the molecule is CCOC(=O)Nc1ccc(Nc2ccccc2)nc1[NH2+]C(C)C.[Cl-]. The number of hydrogen-bond acceptors (Lipinski definition) is 4. The molecule has 1 aromatic heterocycles. The van der Waals surface area contributed by atoms with Crippen LogP contribution in [0, 0.1) is 0 Å². The molecule has 0 radical (unpaired) electrons. The number of nitrogens with two attached hydrogens (primary N) is 1. The maximum absolute atomic E-state index is 11.6. The number of nitrogens with one attached hydrogen (secondary N) is 2. The zero-order chi connectivity index (χ0) is 16.7. The first kappa shape index (κ1) is 19.7. The van der Waals surface area contributed by atoms with E-state index >= 15 is 0 Å². The Kier molecular flexibility index (Phi) is 8.01. The van der Waals surface area contributed by atoms with E-state index in [1.807, 2.05) is 47.8 Å². The Morgan fingerprint density at radius 3 is 2.54 bits per heavy atom. The average molecular weight is 351 g/mol. The summed E-state index contributed by atoms with van der Waals surface area (Å²) in [5, 5.41) is 7.97. The number of para-hydroxylation sites is 1. The minimum atomic E-state index is -0.475. The normalized spacial score (nSPS) is 10.0. The standard InChI is InChI=1S/C17H22N4O2.ClH/c1-4-23-17(22)20-14-10-11-15(21-16(14)18-12(2)3)19-13-8-6-5-7-9-13;/h5-12H,4H2,1-3H3,(H,20,22)(H2,18,19,21);1H. The molecule has 0 saturated heterocycles. The van der Waals surface area contributed by atoms with E-state index in [1.165, 1.54) is 0 Å². The summed E-state index contributed by atoms with van der Waals surface area (Å²) in [5.74, 6) is 1.44. The lowest BCUT2D eigenvalue weighted by atomic mass is 10.3. The van der Waals surface area contributed by atoms with E-state index in [1.54, 1.807) is 6.92 Å². The van der Waals surface area contributed by atoms with Crippen LogP contribution < -0.4 is 28.4 Å². The van der Waals surface area contributed by atoms with Crippen molar-refractivity contribution in [3.05, 3.63) is 42.5 Å². The fourth-order valence-corrected chi connectivity index (χ4v) is 2.04. The number of anilines is 3. The van der Waals surface area contributed by atoms with Gasteiger partial charge in [-0.25, -0.2) is 4.79 Å². The number of quaternary nitrogens is 1. The smallest absolute Gasteiger partial charge is 0.411 e. The topological polar surface area (TPSA) is 79.9 Å². The number of hydrogen-bond donors (Lipinski definition) is 3. The van der Waals surface area contributed by atoms with E-state index in [0.717, 1.165) is 11.5 Å². The zero-order valence-electron chi connectivity index (χ0n) is 14.0. The van der Waals surface area contributed by atoms with Crippen LogP contribution in [0.15, 0.2) is 42.5 Å². The molecule has 130 valence electrons. The molecule has 1 heterocycles. The summed E-state index contributed by atoms with van der Waals surface area (Å²) in [7, 11) is 0. The van der Waals surface area contributed by atoms with E-state index in [2.05, 4.69) is 29.5 Å². The largest absolute Gasteiger partial charge is 1.00 e. The van der Waals surface area contributed by atoms with Crippen LogP contribution in [0.1, 0.15) is 20.8 Å². The summed E-state index contributed by atoms with van der Waals surface area (Å²) in [6.07, 6.45) is -0.475. The summed E-state index contributed by atoms with van der Waals surface area (Å²) < 4.78 is 4.92. The Hall–Kier alpha value is -2.31. The van der Waals surface area contributed by atoms with Crippen LogP contribution in [-0.2, 0) is 4.74 Å². The van der Waals surface area contributed by atoms with Crippen molar-refractivity contribution < 1.29 is 27.3 Å². The van der Waals surface area contributed by atoms with Crippen molar-refractivity contribution in [1.29, 1.82) is 0 Å². The molecule has 0 fully saturated rings. The van der Waals surface area contributed by atoms with Gasteiger partial charge in [0.05, 0.1) is 12.6 Å². The third-order valence-corrected chi connectivity index (χ3v) is 2.97. The molecule has 0 spiro atoms. The lowest BCUT2D eigenvalue weighted by Gasteiger charge is -2.12. The van der Waals surface area contributed by atoms with E-state index in [0.29, 0.717) is 24.2 Å². The van der Waals surface area contributed by atoms with E-state index in [4.69, 9.17) is 4.74 Å². The third-order valence-electron chi connectivity index (χ3n) is 2.97. The molecule has 0 bridgehead atoms. The maximum Gasteiger partial charge on any atom is 0.411 e. The van der Waals surface area contributed by atoms with E-state index in [-0.39, 0.29) is 12.4 Å². The predicted molar refractivity (Wildman–Crippen MR) is 91.3 cm³/mol. The molecule has 0 saturated carbocycles. The molecule has 1 amide bonds. The van der Waals surface area contributed by atoms with Crippen LogP contribution in [0.4, 0.5) is 27.8 Å². The number of carbonyl (C=O) groups excluding carboxylic acids is 1. The Morgan fingerprint density at radius 2 is 1.92 bits per heavy atom. The van der Waals surface area contributed by atoms with Gasteiger partial charge in [-0.2, -0.15) is 4.98 Å². The van der Waals surface area contributed by atoms with Gasteiger partial charge in [-0.3, -0.25) is 10.6 Å². The average Bonchev–Trinajstić information content (AvgIpc) is 2.50. The highest BCUT2D eigenvalue weighted by Crippen LogP contribution is 2.21. The van der Waals surface area contributed by atoms with Crippen LogP contribution in [0.2, 0.25) is 0 Å². The molecule has 2 rings (SSSR count). The number of halogens is 1. The summed E-state index contributed by atoms with van der Waals surface area (Å²) in [6, 6.07) is 13.8. The van der Waals surface area contributed by atoms with Crippen LogP contribution in [0.5, 0.6) is 0 Å². The fourth-order valence-electron chi connectivity index (χ4n) is 2.04. The summed E-state index contributed by atoms with van der Waals surface area (Å²) in [5.41, 5.74) is 1.59. The van der Waals surface area contributed by atoms with Gasteiger partial charge in [-0.05, 0) is 45.0 Å². The highest BCUT2D eigenvalue weighted by atomic mass is 35.5. The summed E-state index contributed by atoms with van der Waals surface area (Å²) in [4.78, 5) is 16.2. The molecule has 0 unspecified atom stereocenters. The van der Waals surface area contributed by atoms with Gasteiger partial charge in [0.15, 0.2) is 0 Å². The third kappa shape index (κ3) is 6.06. The molecule has 6 nitrogen and oxygen atoms in total. The van der Waals surface area contributed by atoms with Gasteiger partial charge in [0.2, 0.25) is 0 Å². The van der Waals surface area contributed by atoms with Crippen LogP contribution in [0.25, 0.3) is 0 Å². The summed E-state index contributed by atoms with van der Waals surface area (Å²) in [6.45, 7) is 6.22. The molecule has 1 aromatic carbocycles. The molecule has 2 aromatic rings. The first-order chi connectivity index (χ1) is 11.1. The molecular weight excluding hydrogens is 328 g/mol. The minimum Gasteiger partial charge on any atom is -1.00 e. The Morgan fingerprint density at radius 1 is 1.21 bits per heavy atom. The number of carbonyl (C=O) groups is 1. The number of nitrogens with zero attached hydrogens (tertiary/aromatic N) is 1. The second-order valence-electron chi connectivity index (χ2n) is 5.38. The minimum absolute atomic E-state index is 0. The van der Waals surface area contributed by atoms with Gasteiger partial charge in [0.1, 0.15) is 11.5 Å². The van der Waals surface area contributed by atoms with Gasteiger partial charge < -0.3 is 22.5 Å². The molecule has 4 N–H and O–H groups in total. The highest BCUT2D eigenvalue weighted by Gasteiger charge is 2.14. The van der Waals surface area contributed by atoms with Crippen molar-refractivity contribution in [2.75, 3.05) is 17.2 Å². The second-order valence-corrected chi connectivity index (χ2v) is 5.38. The zero-order valence-corrected chi connectivity index (χ0v) is 14.8. The van der Waals surface area contributed by atoms with Crippen molar-refractivity contribution in [3.63, 3.8) is 0 Å². The van der Waals surface area contributed by atoms with Crippen molar-refractivity contribution >= 4 is 29.1 Å². The van der Waals surface area contributed by atoms with Gasteiger partial charge in [0, 0.05) is 5.69 Å². The molecule has 0 aliphatic heterocycles. The molecule has 24 heavy (non-hydrogen) atoms. The van der Waals surface area contributed by atoms with Crippen LogP contribution >= 0.6 is 0 Å². The number of ether oxygens (including phenoxy) is 1. The fraction of sp³-hybridized carbons (Fsp3) is 0.294. The number of rotatable bonds is 6. The van der Waals surface area contributed by atoms with Crippen molar-refractivity contribution in [1.82, 2.24) is 4.98 Å². The number of amides is 1. The number of pyridine rings is 1. The van der Waals surface area contributed by atoms with Gasteiger partial charge >= 0.3 is 6.09 Å². The van der Waals surface area contributed by atoms with Crippen LogP contribution in [0.3, 0.4) is 0 Å². The monoisotopic (exact) mass is 350 g/mol. The Labute approximate surface area is 148 Å². The van der Waals surface area contributed by atoms with Crippen molar-refractivity contribution in [2.24, 2.45) is 0 Å². The summed E-state index contributed by atoms with van der Waals surface area (Å²) >= 11 is 0. The Bertz CT molecular complexity index is 650. The van der Waals surface area contributed by atoms with Gasteiger partial charge in [-0.1, -0.05) is 18.2 Å². The molecule has 0 aliphatic carbocycles. The first-order valence-electron chi connectivity index (χ1n) is 7.70. The van der Waals surface area contributed by atoms with Crippen molar-refractivity contribution in [2.45, 2.75) is 26.8 Å². The quantitative estimate of drug-likeness (QED) is 0.685. The second kappa shape index (κ2) is 9.75. The van der Waals surface area contributed by atoms with Gasteiger partial charge in [-0.15, -0.1) is 0 Å². The number of aromatic nitrogens is 1. The van der Waals surface area contributed by atoms with Gasteiger partial charge in [0.25, 0.3) is 5.82 Å². The lowest BCUT2D eigenvalue weighted by Crippen LogP contribution is -3.00. The van der Waals surface area contributed by atoms with E-state index in [9.17, 15) is 4.79 Å². The maximum atomic E-state index is 11.6. The number of benzene rings is 1. The molecular formula is C17H23ClN4O2. The van der Waals surface area contributed by atoms with Crippen molar-refractivity contribution in [3.8, 4) is 0 Å². The lowest BCUT2D eigenvalue weighted by molar-refractivity contribution is -0.605. The predicted octanol–water partition coefficient (Wildman–Crippen LogP) is 0.000900.